The molecular formula is C9H20AgNO3. The van der Waals surface area contributed by atoms with Gasteiger partial charge in [-0.1, -0.05) is 6.92 Å². The second-order valence-electron chi connectivity index (χ2n) is 4.19. The van der Waals surface area contributed by atoms with E-state index in [1.165, 1.54) is 0 Å². The molecule has 14 heavy (non-hydrogen) atoms. The van der Waals surface area contributed by atoms with Crippen molar-refractivity contribution in [2.75, 3.05) is 0 Å². The van der Waals surface area contributed by atoms with Crippen LogP contribution in [-0.4, -0.2) is 22.2 Å². The third kappa shape index (κ3) is 18.0. The molecule has 0 fully saturated rings. The summed E-state index contributed by atoms with van der Waals surface area (Å²) in [5.74, 6) is -1.45. The van der Waals surface area contributed by atoms with E-state index in [4.69, 9.17) is 10.8 Å². The molecule has 0 aliphatic heterocycles. The molecule has 0 aromatic carbocycles. The zero-order valence-corrected chi connectivity index (χ0v) is 10.8. The van der Waals surface area contributed by atoms with E-state index in [9.17, 15) is 9.90 Å². The van der Waals surface area contributed by atoms with Crippen molar-refractivity contribution >= 4 is 5.97 Å². The largest absolute Gasteiger partial charge is 1.00 e. The Morgan fingerprint density at radius 2 is 1.50 bits per heavy atom. The van der Waals surface area contributed by atoms with Gasteiger partial charge in [0, 0.05) is 5.54 Å². The van der Waals surface area contributed by atoms with Crippen LogP contribution in [0, 0.1) is 0 Å². The van der Waals surface area contributed by atoms with Crippen molar-refractivity contribution in [2.45, 2.75) is 52.2 Å². The van der Waals surface area contributed by atoms with Crippen LogP contribution in [0.3, 0.4) is 0 Å². The fourth-order valence-corrected chi connectivity index (χ4v) is 0. The standard InChI is InChI=1S/C5H13N.C4H8O3.Ag/c1-4-5(2,3)6;1-4(2,7)3(5)6;/h4,6H2,1-3H3;7H,1-2H3,(H,5,6);/q;;+1/p-1. The van der Waals surface area contributed by atoms with Crippen LogP contribution in [0.15, 0.2) is 0 Å². The smallest absolute Gasteiger partial charge is 0.547 e. The molecule has 0 heterocycles. The van der Waals surface area contributed by atoms with Crippen LogP contribution >= 0.6 is 0 Å². The number of carbonyl (C=O) groups is 1. The Labute approximate surface area is 101 Å². The molecule has 0 aliphatic carbocycles. The second-order valence-corrected chi connectivity index (χ2v) is 4.19. The number of aliphatic hydroxyl groups is 1. The van der Waals surface area contributed by atoms with Crippen LogP contribution in [0.2, 0.25) is 0 Å². The van der Waals surface area contributed by atoms with E-state index in [-0.39, 0.29) is 27.9 Å². The van der Waals surface area contributed by atoms with Gasteiger partial charge < -0.3 is 20.7 Å². The van der Waals surface area contributed by atoms with E-state index >= 15 is 0 Å². The van der Waals surface area contributed by atoms with Gasteiger partial charge >= 0.3 is 22.4 Å². The van der Waals surface area contributed by atoms with Crippen LogP contribution in [-0.2, 0) is 27.2 Å². The number of carboxylic acid groups (broad SMARTS) is 1. The van der Waals surface area contributed by atoms with Gasteiger partial charge in [0.05, 0.1) is 11.6 Å². The molecule has 0 saturated heterocycles. The average molecular weight is 298 g/mol. The van der Waals surface area contributed by atoms with Crippen molar-refractivity contribution in [1.29, 1.82) is 0 Å². The summed E-state index contributed by atoms with van der Waals surface area (Å²) in [6.07, 6.45) is 1.05. The predicted octanol–water partition coefficient (Wildman–Crippen LogP) is -0.362. The fraction of sp³-hybridized carbons (Fsp3) is 0.889. The van der Waals surface area contributed by atoms with E-state index in [1.54, 1.807) is 0 Å². The molecule has 0 aromatic rings. The number of hydrogen-bond donors (Lipinski definition) is 2. The third-order valence-corrected chi connectivity index (χ3v) is 1.41. The Kier molecular flexibility index (Phi) is 10.4. The van der Waals surface area contributed by atoms with Gasteiger partial charge in [-0.2, -0.15) is 0 Å². The van der Waals surface area contributed by atoms with Gasteiger partial charge in [-0.05, 0) is 34.1 Å². The molecule has 90 valence electrons. The molecule has 3 N–H and O–H groups in total. The summed E-state index contributed by atoms with van der Waals surface area (Å²) in [5, 5.41) is 18.1. The van der Waals surface area contributed by atoms with Crippen molar-refractivity contribution in [2.24, 2.45) is 5.73 Å². The van der Waals surface area contributed by atoms with E-state index in [0.29, 0.717) is 0 Å². The van der Waals surface area contributed by atoms with Crippen LogP contribution in [0.5, 0.6) is 0 Å². The molecule has 0 radical (unpaired) electrons. The maximum Gasteiger partial charge on any atom is 1.00 e. The van der Waals surface area contributed by atoms with E-state index in [1.807, 2.05) is 13.8 Å². The molecule has 0 amide bonds. The van der Waals surface area contributed by atoms with Crippen LogP contribution < -0.4 is 10.8 Å². The summed E-state index contributed by atoms with van der Waals surface area (Å²) in [5.41, 5.74) is 3.88. The van der Waals surface area contributed by atoms with Crippen molar-refractivity contribution in [3.63, 3.8) is 0 Å². The van der Waals surface area contributed by atoms with Crippen molar-refractivity contribution in [3.05, 3.63) is 0 Å². The van der Waals surface area contributed by atoms with Gasteiger partial charge in [0.1, 0.15) is 0 Å². The molecule has 0 rings (SSSR count). The fourth-order valence-electron chi connectivity index (χ4n) is 0. The topological polar surface area (TPSA) is 86.4 Å². The predicted molar refractivity (Wildman–Crippen MR) is 49.9 cm³/mol. The number of rotatable bonds is 2. The molecule has 0 atom stereocenters. The summed E-state index contributed by atoms with van der Waals surface area (Å²) in [6.45, 7) is 8.44. The molecular weight excluding hydrogens is 278 g/mol. The zero-order chi connectivity index (χ0) is 11.3. The Balaban J connectivity index is -0.000000163. The molecule has 0 unspecified atom stereocenters. The summed E-state index contributed by atoms with van der Waals surface area (Å²) in [7, 11) is 0. The summed E-state index contributed by atoms with van der Waals surface area (Å²) in [4.78, 5) is 9.66. The number of aliphatic carboxylic acids is 1. The maximum absolute atomic E-state index is 9.66. The second kappa shape index (κ2) is 7.43. The molecule has 0 aromatic heterocycles. The zero-order valence-electron chi connectivity index (χ0n) is 9.35. The number of hydrogen-bond acceptors (Lipinski definition) is 4. The summed E-state index contributed by atoms with van der Waals surface area (Å²) >= 11 is 0. The third-order valence-electron chi connectivity index (χ3n) is 1.41. The summed E-state index contributed by atoms with van der Waals surface area (Å²) in [6, 6.07) is 0. The Morgan fingerprint density at radius 3 is 1.50 bits per heavy atom. The molecule has 4 nitrogen and oxygen atoms in total. The first-order valence-corrected chi connectivity index (χ1v) is 4.23. The van der Waals surface area contributed by atoms with E-state index in [2.05, 4.69) is 6.92 Å². The average Bonchev–Trinajstić information content (AvgIpc) is 1.85. The minimum atomic E-state index is -1.69. The van der Waals surface area contributed by atoms with Gasteiger partial charge in [-0.3, -0.25) is 0 Å². The Morgan fingerprint density at radius 1 is 1.36 bits per heavy atom. The number of carbonyl (C=O) groups excluding carboxylic acids is 1. The van der Waals surface area contributed by atoms with Gasteiger partial charge in [0.2, 0.25) is 0 Å². The Hall–Kier alpha value is 0.130. The first-order valence-electron chi connectivity index (χ1n) is 4.23. The van der Waals surface area contributed by atoms with Crippen LogP contribution in [0.25, 0.3) is 0 Å². The molecule has 0 spiro atoms. The van der Waals surface area contributed by atoms with E-state index < -0.39 is 11.6 Å². The van der Waals surface area contributed by atoms with E-state index in [0.717, 1.165) is 20.3 Å². The minimum absolute atomic E-state index is 0. The number of carboxylic acids is 1. The quantitative estimate of drug-likeness (QED) is 0.682. The SMILES string of the molecule is CC(C)(O)C(=O)[O-].CCC(C)(C)N.[Ag+]. The molecule has 0 bridgehead atoms. The van der Waals surface area contributed by atoms with Crippen LogP contribution in [0.4, 0.5) is 0 Å². The van der Waals surface area contributed by atoms with Gasteiger partial charge in [0.25, 0.3) is 0 Å². The van der Waals surface area contributed by atoms with Gasteiger partial charge in [-0.25, -0.2) is 0 Å². The number of nitrogens with two attached hydrogens (primary N) is 1. The first kappa shape index (κ1) is 19.7. The van der Waals surface area contributed by atoms with Crippen molar-refractivity contribution in [3.8, 4) is 0 Å². The Bertz CT molecular complexity index is 158. The molecule has 0 saturated carbocycles. The van der Waals surface area contributed by atoms with Crippen LogP contribution in [0.1, 0.15) is 41.0 Å². The normalized spacial score (nSPS) is 10.8. The van der Waals surface area contributed by atoms with Gasteiger partial charge in [0.15, 0.2) is 0 Å². The van der Waals surface area contributed by atoms with Crippen molar-refractivity contribution in [1.82, 2.24) is 0 Å². The monoisotopic (exact) mass is 297 g/mol. The first-order chi connectivity index (χ1) is 5.50. The van der Waals surface area contributed by atoms with Crippen molar-refractivity contribution < 1.29 is 37.4 Å². The maximum atomic E-state index is 9.66. The molecule has 0 aliphatic rings. The summed E-state index contributed by atoms with van der Waals surface area (Å²) < 4.78 is 0. The minimum Gasteiger partial charge on any atom is -0.547 e. The van der Waals surface area contributed by atoms with Gasteiger partial charge in [-0.15, -0.1) is 0 Å². The molecule has 5 heteroatoms.